The number of halogens is 1. The summed E-state index contributed by atoms with van der Waals surface area (Å²) in [6.45, 7) is 1.40. The van der Waals surface area contributed by atoms with Crippen molar-refractivity contribution >= 4 is 34.2 Å². The van der Waals surface area contributed by atoms with Crippen LogP contribution >= 0.6 is 11.6 Å². The van der Waals surface area contributed by atoms with Gasteiger partial charge in [-0.3, -0.25) is 4.98 Å². The lowest BCUT2D eigenvalue weighted by molar-refractivity contribution is 0.0475. The summed E-state index contributed by atoms with van der Waals surface area (Å²) < 4.78 is 10.7. The molecule has 7 heteroatoms. The molecule has 6 nitrogen and oxygen atoms in total. The molecule has 0 unspecified atom stereocenters. The van der Waals surface area contributed by atoms with E-state index in [-0.39, 0.29) is 5.92 Å². The third-order valence-corrected chi connectivity index (χ3v) is 5.57. The van der Waals surface area contributed by atoms with Gasteiger partial charge in [-0.05, 0) is 55.2 Å². The standard InChI is InChI=1S/C23H23ClN2O4/c1-26(30-23(27)16-4-3-5-18(12-16)28-2)22-19-13-17(24)6-7-21(19)25-14-20(22)15-8-10-29-11-9-15/h3-7,12-15H,8-11H2,1-2H3. The zero-order chi connectivity index (χ0) is 21.1. The summed E-state index contributed by atoms with van der Waals surface area (Å²) in [6, 6.07) is 12.4. The van der Waals surface area contributed by atoms with Crippen LogP contribution in [0.25, 0.3) is 10.9 Å². The lowest BCUT2D eigenvalue weighted by atomic mass is 9.90. The Bertz CT molecular complexity index is 1070. The van der Waals surface area contributed by atoms with Crippen LogP contribution in [0.15, 0.2) is 48.7 Å². The van der Waals surface area contributed by atoms with Gasteiger partial charge in [0.1, 0.15) is 5.75 Å². The molecule has 0 radical (unpaired) electrons. The van der Waals surface area contributed by atoms with Crippen molar-refractivity contribution in [3.05, 3.63) is 64.8 Å². The maximum Gasteiger partial charge on any atom is 0.363 e. The Kier molecular flexibility index (Phi) is 6.06. The highest BCUT2D eigenvalue weighted by Gasteiger charge is 2.25. The Labute approximate surface area is 180 Å². The average Bonchev–Trinajstić information content (AvgIpc) is 2.78. The molecule has 0 amide bonds. The van der Waals surface area contributed by atoms with Gasteiger partial charge in [0.05, 0.1) is 23.9 Å². The number of methoxy groups -OCH3 is 1. The number of ether oxygens (including phenoxy) is 2. The SMILES string of the molecule is COc1cccc(C(=O)ON(C)c2c(C3CCOCC3)cnc3ccc(Cl)cc23)c1. The van der Waals surface area contributed by atoms with E-state index in [9.17, 15) is 4.79 Å². The number of nitrogens with zero attached hydrogens (tertiary/aromatic N) is 2. The number of carbonyl (C=O) groups is 1. The highest BCUT2D eigenvalue weighted by Crippen LogP contribution is 2.38. The van der Waals surface area contributed by atoms with Crippen LogP contribution in [0.2, 0.25) is 5.02 Å². The summed E-state index contributed by atoms with van der Waals surface area (Å²) in [5.74, 6) is 0.389. The maximum absolute atomic E-state index is 12.8. The molecule has 0 saturated carbocycles. The Morgan fingerprint density at radius 3 is 2.77 bits per heavy atom. The number of aromatic nitrogens is 1. The van der Waals surface area contributed by atoms with Crippen molar-refractivity contribution in [2.24, 2.45) is 0 Å². The van der Waals surface area contributed by atoms with Crippen LogP contribution in [0, 0.1) is 0 Å². The number of benzene rings is 2. The van der Waals surface area contributed by atoms with Crippen molar-refractivity contribution in [3.8, 4) is 5.75 Å². The molecule has 1 saturated heterocycles. The zero-order valence-corrected chi connectivity index (χ0v) is 17.7. The second-order valence-electron chi connectivity index (χ2n) is 7.22. The summed E-state index contributed by atoms with van der Waals surface area (Å²) in [4.78, 5) is 23.2. The molecule has 2 heterocycles. The summed E-state index contributed by atoms with van der Waals surface area (Å²) in [5, 5.41) is 2.96. The minimum Gasteiger partial charge on any atom is -0.497 e. The van der Waals surface area contributed by atoms with Gasteiger partial charge in [0.25, 0.3) is 0 Å². The molecule has 30 heavy (non-hydrogen) atoms. The van der Waals surface area contributed by atoms with E-state index >= 15 is 0 Å². The van der Waals surface area contributed by atoms with Crippen molar-refractivity contribution in [3.63, 3.8) is 0 Å². The molecule has 3 aromatic rings. The predicted molar refractivity (Wildman–Crippen MR) is 116 cm³/mol. The van der Waals surface area contributed by atoms with E-state index in [0.717, 1.165) is 35.0 Å². The molecule has 0 bridgehead atoms. The van der Waals surface area contributed by atoms with Gasteiger partial charge in [0, 0.05) is 42.4 Å². The van der Waals surface area contributed by atoms with Gasteiger partial charge >= 0.3 is 5.97 Å². The summed E-state index contributed by atoms with van der Waals surface area (Å²) in [7, 11) is 3.29. The molecular formula is C23H23ClN2O4. The molecule has 1 aliphatic heterocycles. The average molecular weight is 427 g/mol. The van der Waals surface area contributed by atoms with E-state index in [0.29, 0.717) is 29.5 Å². The van der Waals surface area contributed by atoms with Crippen LogP contribution in [0.5, 0.6) is 5.75 Å². The third-order valence-electron chi connectivity index (χ3n) is 5.33. The first-order chi connectivity index (χ1) is 14.6. The second-order valence-corrected chi connectivity index (χ2v) is 7.65. The maximum atomic E-state index is 12.8. The highest BCUT2D eigenvalue weighted by molar-refractivity contribution is 6.31. The van der Waals surface area contributed by atoms with Gasteiger partial charge in [-0.2, -0.15) is 0 Å². The molecule has 2 aromatic carbocycles. The molecule has 156 valence electrons. The fourth-order valence-electron chi connectivity index (χ4n) is 3.80. The minimum atomic E-state index is -0.471. The van der Waals surface area contributed by atoms with Gasteiger partial charge in [0.2, 0.25) is 0 Å². The lowest BCUT2D eigenvalue weighted by Crippen LogP contribution is -2.26. The Hall–Kier alpha value is -2.83. The van der Waals surface area contributed by atoms with E-state index in [4.69, 9.17) is 25.9 Å². The smallest absolute Gasteiger partial charge is 0.363 e. The first kappa shape index (κ1) is 20.4. The van der Waals surface area contributed by atoms with Crippen molar-refractivity contribution in [2.45, 2.75) is 18.8 Å². The zero-order valence-electron chi connectivity index (χ0n) is 16.9. The second kappa shape index (κ2) is 8.90. The number of pyridine rings is 1. The van der Waals surface area contributed by atoms with Crippen LogP contribution in [0.4, 0.5) is 5.69 Å². The van der Waals surface area contributed by atoms with Crippen molar-refractivity contribution in [1.29, 1.82) is 0 Å². The molecule has 0 spiro atoms. The highest BCUT2D eigenvalue weighted by atomic mass is 35.5. The fraction of sp³-hybridized carbons (Fsp3) is 0.304. The summed E-state index contributed by atoms with van der Waals surface area (Å²) >= 11 is 6.28. The van der Waals surface area contributed by atoms with Crippen LogP contribution in [0.3, 0.4) is 0 Å². The first-order valence-corrected chi connectivity index (χ1v) is 10.2. The summed E-state index contributed by atoms with van der Waals surface area (Å²) in [6.07, 6.45) is 3.65. The number of hydrogen-bond donors (Lipinski definition) is 0. The number of rotatable bonds is 5. The monoisotopic (exact) mass is 426 g/mol. The van der Waals surface area contributed by atoms with E-state index < -0.39 is 5.97 Å². The summed E-state index contributed by atoms with van der Waals surface area (Å²) in [5.41, 5.74) is 3.01. The fourth-order valence-corrected chi connectivity index (χ4v) is 3.97. The number of carbonyl (C=O) groups excluding carboxylic acids is 1. The molecule has 0 atom stereocenters. The van der Waals surface area contributed by atoms with Gasteiger partial charge < -0.3 is 14.3 Å². The molecule has 1 aliphatic rings. The quantitative estimate of drug-likeness (QED) is 0.535. The van der Waals surface area contributed by atoms with Crippen LogP contribution in [0.1, 0.15) is 34.7 Å². The minimum absolute atomic E-state index is 0.266. The molecule has 0 N–H and O–H groups in total. The normalized spacial score (nSPS) is 14.5. The predicted octanol–water partition coefficient (Wildman–Crippen LogP) is 5.00. The van der Waals surface area contributed by atoms with Gasteiger partial charge in [-0.1, -0.05) is 17.7 Å². The number of anilines is 1. The van der Waals surface area contributed by atoms with Gasteiger partial charge in [-0.25, -0.2) is 9.86 Å². The van der Waals surface area contributed by atoms with Crippen molar-refractivity contribution in [1.82, 2.24) is 4.98 Å². The molecule has 1 fully saturated rings. The van der Waals surface area contributed by atoms with E-state index in [1.165, 1.54) is 5.06 Å². The van der Waals surface area contributed by atoms with Crippen molar-refractivity contribution in [2.75, 3.05) is 32.4 Å². The first-order valence-electron chi connectivity index (χ1n) is 9.83. The number of hydroxylamine groups is 1. The molecule has 1 aromatic heterocycles. The largest absolute Gasteiger partial charge is 0.497 e. The van der Waals surface area contributed by atoms with Crippen LogP contribution in [-0.2, 0) is 9.57 Å². The van der Waals surface area contributed by atoms with Gasteiger partial charge in [0.15, 0.2) is 0 Å². The molecule has 0 aliphatic carbocycles. The molecule has 4 rings (SSSR count). The Morgan fingerprint density at radius 1 is 1.20 bits per heavy atom. The number of fused-ring (bicyclic) bond motifs is 1. The third kappa shape index (κ3) is 4.20. The van der Waals surface area contributed by atoms with Crippen molar-refractivity contribution < 1.29 is 19.1 Å². The van der Waals surface area contributed by atoms with E-state index in [2.05, 4.69) is 4.98 Å². The van der Waals surface area contributed by atoms with Gasteiger partial charge in [-0.15, -0.1) is 0 Å². The van der Waals surface area contributed by atoms with E-state index in [1.54, 1.807) is 44.5 Å². The Balaban J connectivity index is 1.72. The Morgan fingerprint density at radius 2 is 2.00 bits per heavy atom. The number of hydrogen-bond acceptors (Lipinski definition) is 6. The lowest BCUT2D eigenvalue weighted by Gasteiger charge is -2.28. The van der Waals surface area contributed by atoms with Crippen LogP contribution < -0.4 is 9.80 Å². The topological polar surface area (TPSA) is 60.9 Å². The van der Waals surface area contributed by atoms with E-state index in [1.807, 2.05) is 18.3 Å². The molecular weight excluding hydrogens is 404 g/mol. The van der Waals surface area contributed by atoms with Crippen LogP contribution in [-0.4, -0.2) is 38.3 Å².